The van der Waals surface area contributed by atoms with Crippen LogP contribution in [0.4, 0.5) is 0 Å². The summed E-state index contributed by atoms with van der Waals surface area (Å²) in [6.45, 7) is 2.27. The van der Waals surface area contributed by atoms with Crippen molar-refractivity contribution in [3.05, 3.63) is 70.7 Å². The largest absolute Gasteiger partial charge is 0.618 e. The van der Waals surface area contributed by atoms with Crippen LogP contribution in [0.5, 0.6) is 0 Å². The van der Waals surface area contributed by atoms with E-state index in [2.05, 4.69) is 6.07 Å². The number of nitriles is 1. The summed E-state index contributed by atoms with van der Waals surface area (Å²) in [5, 5.41) is 21.3. The number of hydrogen-bond acceptors (Lipinski definition) is 4. The molecule has 120 valence electrons. The van der Waals surface area contributed by atoms with Crippen molar-refractivity contribution in [3.63, 3.8) is 0 Å². The minimum Gasteiger partial charge on any atom is -0.618 e. The maximum atomic E-state index is 12.3. The van der Waals surface area contributed by atoms with E-state index >= 15 is 0 Å². The third-order valence-corrected chi connectivity index (χ3v) is 3.78. The Labute approximate surface area is 138 Å². The molecule has 0 saturated heterocycles. The van der Waals surface area contributed by atoms with E-state index in [-0.39, 0.29) is 12.3 Å². The predicted molar refractivity (Wildman–Crippen MR) is 87.1 cm³/mol. The third kappa shape index (κ3) is 2.68. The SMILES string of the molecule is CCOC(=O)c1cc2c(ccc[n+]2[O-])n1Cc1ccccc1C#N. The molecule has 3 aromatic rings. The van der Waals surface area contributed by atoms with Gasteiger partial charge < -0.3 is 14.5 Å². The first-order valence-electron chi connectivity index (χ1n) is 7.52. The van der Waals surface area contributed by atoms with E-state index < -0.39 is 5.97 Å². The minimum absolute atomic E-state index is 0.243. The van der Waals surface area contributed by atoms with Crippen molar-refractivity contribution in [1.82, 2.24) is 4.57 Å². The highest BCUT2D eigenvalue weighted by atomic mass is 16.5. The highest BCUT2D eigenvalue weighted by molar-refractivity contribution is 5.93. The fourth-order valence-electron chi connectivity index (χ4n) is 2.68. The molecule has 0 atom stereocenters. The molecule has 24 heavy (non-hydrogen) atoms. The molecule has 0 radical (unpaired) electrons. The highest BCUT2D eigenvalue weighted by Crippen LogP contribution is 2.21. The normalized spacial score (nSPS) is 10.5. The molecule has 0 N–H and O–H groups in total. The van der Waals surface area contributed by atoms with Crippen LogP contribution >= 0.6 is 0 Å². The van der Waals surface area contributed by atoms with Crippen LogP contribution in [0, 0.1) is 16.5 Å². The van der Waals surface area contributed by atoms with Gasteiger partial charge in [0.15, 0.2) is 6.20 Å². The van der Waals surface area contributed by atoms with Crippen molar-refractivity contribution in [3.8, 4) is 6.07 Å². The zero-order valence-corrected chi connectivity index (χ0v) is 13.1. The second-order valence-corrected chi connectivity index (χ2v) is 5.21. The number of pyridine rings is 1. The molecule has 0 bridgehead atoms. The number of benzene rings is 1. The van der Waals surface area contributed by atoms with Crippen LogP contribution in [-0.4, -0.2) is 17.1 Å². The fraction of sp³-hybridized carbons (Fsp3) is 0.167. The van der Waals surface area contributed by atoms with Crippen LogP contribution in [-0.2, 0) is 11.3 Å². The summed E-state index contributed by atoms with van der Waals surface area (Å²) in [6, 6.07) is 14.2. The van der Waals surface area contributed by atoms with E-state index in [1.54, 1.807) is 35.8 Å². The Morgan fingerprint density at radius 1 is 1.33 bits per heavy atom. The number of esters is 1. The Kier molecular flexibility index (Phi) is 4.17. The standard InChI is InChI=1S/C18H15N3O3/c1-2-24-18(22)17-10-16-15(8-5-9-21(16)23)20(17)12-14-7-4-3-6-13(14)11-19/h3-10H,2,12H2,1H3. The Balaban J connectivity index is 2.18. The predicted octanol–water partition coefficient (Wildman–Crippen LogP) is 2.37. The molecule has 6 heteroatoms. The van der Waals surface area contributed by atoms with Crippen molar-refractivity contribution in [2.45, 2.75) is 13.5 Å². The van der Waals surface area contributed by atoms with Gasteiger partial charge in [-0.25, -0.2) is 4.79 Å². The van der Waals surface area contributed by atoms with Crippen molar-refractivity contribution in [2.24, 2.45) is 0 Å². The topological polar surface area (TPSA) is 82.0 Å². The number of hydrogen-bond donors (Lipinski definition) is 0. The van der Waals surface area contributed by atoms with Gasteiger partial charge in [0.1, 0.15) is 11.2 Å². The van der Waals surface area contributed by atoms with E-state index in [0.717, 1.165) is 5.56 Å². The zero-order chi connectivity index (χ0) is 17.1. The monoisotopic (exact) mass is 321 g/mol. The Hall–Kier alpha value is -3.33. The van der Waals surface area contributed by atoms with Crippen LogP contribution < -0.4 is 4.73 Å². The molecule has 0 aliphatic heterocycles. The lowest BCUT2D eigenvalue weighted by Crippen LogP contribution is -2.25. The van der Waals surface area contributed by atoms with Crippen LogP contribution in [0.15, 0.2) is 48.7 Å². The molecule has 3 rings (SSSR count). The van der Waals surface area contributed by atoms with Gasteiger partial charge in [-0.05, 0) is 24.6 Å². The number of fused-ring (bicyclic) bond motifs is 1. The molecule has 1 aromatic carbocycles. The molecule has 0 saturated carbocycles. The quantitative estimate of drug-likeness (QED) is 0.420. The number of carbonyl (C=O) groups is 1. The lowest BCUT2D eigenvalue weighted by molar-refractivity contribution is -0.576. The zero-order valence-electron chi connectivity index (χ0n) is 13.1. The van der Waals surface area contributed by atoms with Crippen molar-refractivity contribution >= 4 is 17.0 Å². The molecular formula is C18H15N3O3. The first kappa shape index (κ1) is 15.6. The van der Waals surface area contributed by atoms with Crippen LogP contribution in [0.2, 0.25) is 0 Å². The van der Waals surface area contributed by atoms with Gasteiger partial charge in [0.2, 0.25) is 5.52 Å². The molecule has 0 spiro atoms. The number of rotatable bonds is 4. The van der Waals surface area contributed by atoms with Crippen molar-refractivity contribution in [2.75, 3.05) is 6.61 Å². The molecule has 2 heterocycles. The molecule has 2 aromatic heterocycles. The number of ether oxygens (including phenoxy) is 1. The summed E-state index contributed by atoms with van der Waals surface area (Å²) >= 11 is 0. The molecule has 0 aliphatic rings. The summed E-state index contributed by atoms with van der Waals surface area (Å²) in [5.41, 5.74) is 2.58. The molecule has 0 aliphatic carbocycles. The number of aromatic nitrogens is 2. The van der Waals surface area contributed by atoms with E-state index in [0.29, 0.717) is 27.9 Å². The minimum atomic E-state index is -0.497. The van der Waals surface area contributed by atoms with Gasteiger partial charge in [0.25, 0.3) is 0 Å². The Morgan fingerprint density at radius 2 is 2.12 bits per heavy atom. The highest BCUT2D eigenvalue weighted by Gasteiger charge is 2.21. The van der Waals surface area contributed by atoms with E-state index in [1.807, 2.05) is 12.1 Å². The van der Waals surface area contributed by atoms with Crippen molar-refractivity contribution < 1.29 is 14.3 Å². The summed E-state index contributed by atoms with van der Waals surface area (Å²) in [7, 11) is 0. The van der Waals surface area contributed by atoms with Crippen LogP contribution in [0.3, 0.4) is 0 Å². The van der Waals surface area contributed by atoms with Gasteiger partial charge in [0, 0.05) is 18.7 Å². The Morgan fingerprint density at radius 3 is 2.88 bits per heavy atom. The van der Waals surface area contributed by atoms with Crippen molar-refractivity contribution in [1.29, 1.82) is 5.26 Å². The summed E-state index contributed by atoms with van der Waals surface area (Å²) in [5.74, 6) is -0.497. The van der Waals surface area contributed by atoms with Gasteiger partial charge in [-0.3, -0.25) is 0 Å². The summed E-state index contributed by atoms with van der Waals surface area (Å²) < 4.78 is 7.52. The average Bonchev–Trinajstić information content (AvgIpc) is 2.96. The first-order chi connectivity index (χ1) is 11.7. The lowest BCUT2D eigenvalue weighted by atomic mass is 10.1. The van der Waals surface area contributed by atoms with Gasteiger partial charge in [-0.2, -0.15) is 9.99 Å². The maximum absolute atomic E-state index is 12.3. The van der Waals surface area contributed by atoms with Crippen LogP contribution in [0.1, 0.15) is 28.5 Å². The van der Waals surface area contributed by atoms with Gasteiger partial charge >= 0.3 is 5.97 Å². The van der Waals surface area contributed by atoms with E-state index in [4.69, 9.17) is 4.74 Å². The maximum Gasteiger partial charge on any atom is 0.355 e. The van der Waals surface area contributed by atoms with Gasteiger partial charge in [0.05, 0.1) is 18.2 Å². The Bertz CT molecular complexity index is 954. The number of carbonyl (C=O) groups excluding carboxylic acids is 1. The second kappa shape index (κ2) is 6.42. The van der Waals surface area contributed by atoms with Gasteiger partial charge in [-0.1, -0.05) is 18.2 Å². The third-order valence-electron chi connectivity index (χ3n) is 3.78. The van der Waals surface area contributed by atoms with E-state index in [1.165, 1.54) is 12.3 Å². The molecular weight excluding hydrogens is 306 g/mol. The van der Waals surface area contributed by atoms with Gasteiger partial charge in [-0.15, -0.1) is 0 Å². The summed E-state index contributed by atoms with van der Waals surface area (Å²) in [4.78, 5) is 12.3. The smallest absolute Gasteiger partial charge is 0.355 e. The summed E-state index contributed by atoms with van der Waals surface area (Å²) in [6.07, 6.45) is 1.38. The number of nitrogens with zero attached hydrogens (tertiary/aromatic N) is 3. The molecule has 0 amide bonds. The molecule has 0 fully saturated rings. The lowest BCUT2D eigenvalue weighted by Gasteiger charge is -2.10. The second-order valence-electron chi connectivity index (χ2n) is 5.21. The average molecular weight is 321 g/mol. The fourth-order valence-corrected chi connectivity index (χ4v) is 2.68. The van der Waals surface area contributed by atoms with Crippen LogP contribution in [0.25, 0.3) is 11.0 Å². The first-order valence-corrected chi connectivity index (χ1v) is 7.52. The molecule has 6 nitrogen and oxygen atoms in total. The molecule has 0 unspecified atom stereocenters. The van der Waals surface area contributed by atoms with E-state index in [9.17, 15) is 15.3 Å².